The number of anilines is 1. The quantitative estimate of drug-likeness (QED) is 0.841. The van der Waals surface area contributed by atoms with Crippen LogP contribution in [-0.2, 0) is 11.3 Å². The second-order valence-corrected chi connectivity index (χ2v) is 4.24. The van der Waals surface area contributed by atoms with Crippen LogP contribution in [0.15, 0.2) is 48.8 Å². The summed E-state index contributed by atoms with van der Waals surface area (Å²) in [6.45, 7) is 0.883. The fourth-order valence-electron chi connectivity index (χ4n) is 1.73. The van der Waals surface area contributed by atoms with E-state index in [0.29, 0.717) is 12.3 Å². The molecule has 0 bridgehead atoms. The van der Waals surface area contributed by atoms with Crippen LogP contribution in [0.4, 0.5) is 5.69 Å². The maximum atomic E-state index is 11.8. The molecule has 0 fully saturated rings. The molecule has 1 aromatic heterocycles. The molecule has 2 aromatic rings. The van der Waals surface area contributed by atoms with Gasteiger partial charge >= 0.3 is 0 Å². The van der Waals surface area contributed by atoms with Crippen molar-refractivity contribution in [3.05, 3.63) is 54.4 Å². The average Bonchev–Trinajstić information content (AvgIpc) is 2.48. The van der Waals surface area contributed by atoms with Crippen molar-refractivity contribution in [2.24, 2.45) is 0 Å². The van der Waals surface area contributed by atoms with Gasteiger partial charge in [0.25, 0.3) is 0 Å². The van der Waals surface area contributed by atoms with Crippen LogP contribution in [0.5, 0.6) is 5.75 Å². The van der Waals surface area contributed by atoms with Crippen molar-refractivity contribution in [2.75, 3.05) is 19.0 Å². The van der Waals surface area contributed by atoms with Crippen molar-refractivity contribution >= 4 is 11.6 Å². The number of carbonyl (C=O) groups is 1. The van der Waals surface area contributed by atoms with E-state index in [1.54, 1.807) is 25.6 Å². The third-order valence-electron chi connectivity index (χ3n) is 2.72. The van der Waals surface area contributed by atoms with Crippen LogP contribution in [0.1, 0.15) is 5.56 Å². The van der Waals surface area contributed by atoms with E-state index in [4.69, 9.17) is 4.74 Å². The number of aromatic nitrogens is 1. The summed E-state index contributed by atoms with van der Waals surface area (Å²) in [6.07, 6.45) is 3.46. The maximum absolute atomic E-state index is 11.8. The van der Waals surface area contributed by atoms with Crippen LogP contribution in [0.3, 0.4) is 0 Å². The molecule has 5 nitrogen and oxygen atoms in total. The van der Waals surface area contributed by atoms with Gasteiger partial charge in [0.15, 0.2) is 0 Å². The first-order valence-electron chi connectivity index (χ1n) is 6.31. The zero-order valence-electron chi connectivity index (χ0n) is 11.3. The van der Waals surface area contributed by atoms with Gasteiger partial charge in [-0.3, -0.25) is 9.78 Å². The second kappa shape index (κ2) is 7.25. The molecule has 1 heterocycles. The van der Waals surface area contributed by atoms with Gasteiger partial charge in [0.05, 0.1) is 13.7 Å². The first-order chi connectivity index (χ1) is 9.78. The van der Waals surface area contributed by atoms with Gasteiger partial charge in [0.1, 0.15) is 5.75 Å². The first-order valence-corrected chi connectivity index (χ1v) is 6.31. The lowest BCUT2D eigenvalue weighted by atomic mass is 10.2. The van der Waals surface area contributed by atoms with Crippen LogP contribution < -0.4 is 15.4 Å². The van der Waals surface area contributed by atoms with Gasteiger partial charge < -0.3 is 15.4 Å². The van der Waals surface area contributed by atoms with Gasteiger partial charge in [0.2, 0.25) is 5.91 Å². The van der Waals surface area contributed by atoms with Crippen molar-refractivity contribution in [2.45, 2.75) is 6.54 Å². The molecule has 0 saturated heterocycles. The number of rotatable bonds is 6. The van der Waals surface area contributed by atoms with E-state index in [-0.39, 0.29) is 12.5 Å². The lowest BCUT2D eigenvalue weighted by molar-refractivity contribution is -0.115. The summed E-state index contributed by atoms with van der Waals surface area (Å²) >= 11 is 0. The Morgan fingerprint density at radius 1 is 1.25 bits per heavy atom. The Morgan fingerprint density at radius 2 is 2.05 bits per heavy atom. The molecule has 0 aliphatic heterocycles. The highest BCUT2D eigenvalue weighted by atomic mass is 16.5. The van der Waals surface area contributed by atoms with Crippen molar-refractivity contribution < 1.29 is 9.53 Å². The van der Waals surface area contributed by atoms with Gasteiger partial charge in [-0.2, -0.15) is 0 Å². The topological polar surface area (TPSA) is 63.2 Å². The minimum Gasteiger partial charge on any atom is -0.497 e. The molecule has 20 heavy (non-hydrogen) atoms. The number of methoxy groups -OCH3 is 1. The monoisotopic (exact) mass is 271 g/mol. The number of carbonyl (C=O) groups excluding carboxylic acids is 1. The van der Waals surface area contributed by atoms with Gasteiger partial charge in [-0.25, -0.2) is 0 Å². The molecular formula is C15H17N3O2. The Kier molecular flexibility index (Phi) is 5.08. The summed E-state index contributed by atoms with van der Waals surface area (Å²) in [4.78, 5) is 15.7. The van der Waals surface area contributed by atoms with E-state index >= 15 is 0 Å². The van der Waals surface area contributed by atoms with E-state index < -0.39 is 0 Å². The SMILES string of the molecule is COc1cccc(NC(=O)CNCc2ccncc2)c1. The Labute approximate surface area is 118 Å². The summed E-state index contributed by atoms with van der Waals surface area (Å²) in [7, 11) is 1.59. The van der Waals surface area contributed by atoms with E-state index in [2.05, 4.69) is 15.6 Å². The van der Waals surface area contributed by atoms with Gasteiger partial charge in [-0.1, -0.05) is 6.07 Å². The number of ether oxygens (including phenoxy) is 1. The molecule has 104 valence electrons. The van der Waals surface area contributed by atoms with Crippen LogP contribution >= 0.6 is 0 Å². The fraction of sp³-hybridized carbons (Fsp3) is 0.200. The molecule has 5 heteroatoms. The molecule has 0 radical (unpaired) electrons. The fourth-order valence-corrected chi connectivity index (χ4v) is 1.73. The van der Waals surface area contributed by atoms with Crippen LogP contribution in [-0.4, -0.2) is 24.5 Å². The highest BCUT2D eigenvalue weighted by Crippen LogP contribution is 2.16. The van der Waals surface area contributed by atoms with Crippen molar-refractivity contribution in [1.29, 1.82) is 0 Å². The predicted molar refractivity (Wildman–Crippen MR) is 77.6 cm³/mol. The largest absolute Gasteiger partial charge is 0.497 e. The number of amides is 1. The molecule has 0 aliphatic carbocycles. The molecule has 2 N–H and O–H groups in total. The lowest BCUT2D eigenvalue weighted by Gasteiger charge is -2.08. The summed E-state index contributed by atoms with van der Waals surface area (Å²) in [5.74, 6) is 0.625. The molecular weight excluding hydrogens is 254 g/mol. The van der Waals surface area contributed by atoms with Crippen LogP contribution in [0.25, 0.3) is 0 Å². The van der Waals surface area contributed by atoms with Gasteiger partial charge in [0, 0.05) is 30.7 Å². The molecule has 0 saturated carbocycles. The smallest absolute Gasteiger partial charge is 0.238 e. The molecule has 1 amide bonds. The summed E-state index contributed by atoms with van der Waals surface area (Å²) in [6, 6.07) is 11.1. The first kappa shape index (κ1) is 14.0. The zero-order chi connectivity index (χ0) is 14.2. The highest BCUT2D eigenvalue weighted by molar-refractivity contribution is 5.92. The van der Waals surface area contributed by atoms with Gasteiger partial charge in [-0.05, 0) is 29.8 Å². The molecule has 0 unspecified atom stereocenters. The van der Waals surface area contributed by atoms with Crippen molar-refractivity contribution in [3.8, 4) is 5.75 Å². The van der Waals surface area contributed by atoms with Crippen LogP contribution in [0.2, 0.25) is 0 Å². The van der Waals surface area contributed by atoms with Crippen LogP contribution in [0, 0.1) is 0 Å². The molecule has 2 rings (SSSR count). The molecule has 0 spiro atoms. The standard InChI is InChI=1S/C15H17N3O2/c1-20-14-4-2-3-13(9-14)18-15(19)11-17-10-12-5-7-16-8-6-12/h2-9,17H,10-11H2,1H3,(H,18,19). The minimum absolute atomic E-state index is 0.0905. The normalized spacial score (nSPS) is 10.1. The Balaban J connectivity index is 1.77. The number of hydrogen-bond acceptors (Lipinski definition) is 4. The number of pyridine rings is 1. The van der Waals surface area contributed by atoms with E-state index in [1.165, 1.54) is 0 Å². The van der Waals surface area contributed by atoms with Crippen molar-refractivity contribution in [1.82, 2.24) is 10.3 Å². The third-order valence-corrected chi connectivity index (χ3v) is 2.72. The third kappa shape index (κ3) is 4.37. The minimum atomic E-state index is -0.0905. The second-order valence-electron chi connectivity index (χ2n) is 4.24. The summed E-state index contributed by atoms with van der Waals surface area (Å²) < 4.78 is 5.10. The Morgan fingerprint density at radius 3 is 2.80 bits per heavy atom. The predicted octanol–water partition coefficient (Wildman–Crippen LogP) is 1.82. The van der Waals surface area contributed by atoms with Gasteiger partial charge in [-0.15, -0.1) is 0 Å². The highest BCUT2D eigenvalue weighted by Gasteiger charge is 2.02. The molecule has 1 aromatic carbocycles. The molecule has 0 atom stereocenters. The maximum Gasteiger partial charge on any atom is 0.238 e. The van der Waals surface area contributed by atoms with E-state index in [1.807, 2.05) is 30.3 Å². The average molecular weight is 271 g/mol. The molecule has 0 aliphatic rings. The Bertz CT molecular complexity index is 558. The lowest BCUT2D eigenvalue weighted by Crippen LogP contribution is -2.27. The van der Waals surface area contributed by atoms with Crippen molar-refractivity contribution in [3.63, 3.8) is 0 Å². The zero-order valence-corrected chi connectivity index (χ0v) is 11.3. The number of benzene rings is 1. The number of nitrogens with one attached hydrogen (secondary N) is 2. The van der Waals surface area contributed by atoms with E-state index in [9.17, 15) is 4.79 Å². The summed E-state index contributed by atoms with van der Waals surface area (Å²) in [5.41, 5.74) is 1.81. The Hall–Kier alpha value is -2.40. The number of hydrogen-bond donors (Lipinski definition) is 2. The van der Waals surface area contributed by atoms with E-state index in [0.717, 1.165) is 11.3 Å². The summed E-state index contributed by atoms with van der Waals surface area (Å²) in [5, 5.41) is 5.89. The number of nitrogens with zero attached hydrogens (tertiary/aromatic N) is 1.